The van der Waals surface area contributed by atoms with Gasteiger partial charge in [-0.05, 0) is 53.8 Å². The quantitative estimate of drug-likeness (QED) is 0.615. The smallest absolute Gasteiger partial charge is 0.224 e. The van der Waals surface area contributed by atoms with Crippen molar-refractivity contribution >= 4 is 38.1 Å². The molecule has 0 radical (unpaired) electrons. The number of hydrogen-bond acceptors (Lipinski definition) is 3. The summed E-state index contributed by atoms with van der Waals surface area (Å²) in [5.74, 6) is -0.00485. The van der Waals surface area contributed by atoms with Crippen LogP contribution in [-0.2, 0) is 14.8 Å². The summed E-state index contributed by atoms with van der Waals surface area (Å²) < 4.78 is 25.1. The first-order valence-corrected chi connectivity index (χ1v) is 12.3. The molecule has 162 valence electrons. The monoisotopic (exact) mass is 437 g/mol. The summed E-state index contributed by atoms with van der Waals surface area (Å²) in [5, 5.41) is 4.08. The Kier molecular flexibility index (Phi) is 5.73. The van der Waals surface area contributed by atoms with E-state index in [1.165, 1.54) is 10.6 Å². The number of amides is 1. The van der Waals surface area contributed by atoms with E-state index < -0.39 is 10.0 Å². The number of anilines is 1. The minimum atomic E-state index is -3.17. The summed E-state index contributed by atoms with van der Waals surface area (Å²) in [6, 6.07) is 14.3. The van der Waals surface area contributed by atoms with Gasteiger partial charge in [-0.2, -0.15) is 4.31 Å². The number of sulfonamides is 1. The lowest BCUT2D eigenvalue weighted by Crippen LogP contribution is -2.33. The van der Waals surface area contributed by atoms with Crippen LogP contribution in [0.15, 0.2) is 48.5 Å². The highest BCUT2D eigenvalue weighted by Crippen LogP contribution is 2.36. The van der Waals surface area contributed by atoms with E-state index in [4.69, 9.17) is 0 Å². The first-order valence-electron chi connectivity index (χ1n) is 10.4. The van der Waals surface area contributed by atoms with E-state index >= 15 is 0 Å². The molecule has 2 heterocycles. The molecule has 6 nitrogen and oxygen atoms in total. The number of nitrogens with zero attached hydrogens (tertiary/aromatic N) is 1. The van der Waals surface area contributed by atoms with Gasteiger partial charge in [-0.15, -0.1) is 0 Å². The molecule has 0 saturated carbocycles. The van der Waals surface area contributed by atoms with Crippen LogP contribution in [0.5, 0.6) is 0 Å². The average molecular weight is 438 g/mol. The molecule has 2 N–H and O–H groups in total. The molecule has 7 heteroatoms. The van der Waals surface area contributed by atoms with Gasteiger partial charge in [0.15, 0.2) is 0 Å². The Labute approximate surface area is 183 Å². The summed E-state index contributed by atoms with van der Waals surface area (Å²) in [6.45, 7) is 4.75. The van der Waals surface area contributed by atoms with Crippen molar-refractivity contribution in [3.05, 3.63) is 59.8 Å². The minimum Gasteiger partial charge on any atom is -0.355 e. The highest BCUT2D eigenvalue weighted by atomic mass is 32.2. The van der Waals surface area contributed by atoms with Gasteiger partial charge in [-0.3, -0.25) is 4.79 Å². The number of carbonyl (C=O) groups excluding carboxylic acids is 1. The van der Waals surface area contributed by atoms with Crippen LogP contribution in [0.1, 0.15) is 31.0 Å². The predicted molar refractivity (Wildman–Crippen MR) is 126 cm³/mol. The summed E-state index contributed by atoms with van der Waals surface area (Å²) in [5.41, 5.74) is 7.20. The number of hydrogen-bond donors (Lipinski definition) is 2. The summed E-state index contributed by atoms with van der Waals surface area (Å²) >= 11 is 0. The lowest BCUT2D eigenvalue weighted by atomic mass is 9.96. The maximum atomic E-state index is 11.9. The summed E-state index contributed by atoms with van der Waals surface area (Å²) in [4.78, 5) is 15.4. The lowest BCUT2D eigenvalue weighted by Gasteiger charge is -2.23. The Morgan fingerprint density at radius 3 is 2.58 bits per heavy atom. The molecule has 3 aromatic rings. The maximum absolute atomic E-state index is 11.9. The summed E-state index contributed by atoms with van der Waals surface area (Å²) in [6.07, 6.45) is 4.35. The molecule has 0 unspecified atom stereocenters. The zero-order valence-corrected chi connectivity index (χ0v) is 18.8. The molecule has 1 amide bonds. The minimum absolute atomic E-state index is 0.00485. The van der Waals surface area contributed by atoms with Gasteiger partial charge >= 0.3 is 0 Å². The number of benzene rings is 2. The van der Waals surface area contributed by atoms with Crippen LogP contribution in [0.25, 0.3) is 27.6 Å². The van der Waals surface area contributed by atoms with Gasteiger partial charge in [0, 0.05) is 41.8 Å². The second-order valence-electron chi connectivity index (χ2n) is 7.93. The number of H-pyrrole nitrogens is 1. The number of aromatic nitrogens is 1. The standard InChI is InChI=1S/C24H27N3O3S/c1-4-24(28)26-21-9-5-7-18(16(21)2)19-8-6-10-22-20(19)15-23(25-22)17-11-13-27(14-12-17)31(3,29)30/h5-11,15,25H,4,12-14H2,1-3H3,(H,26,28). The molecule has 0 fully saturated rings. The van der Waals surface area contributed by atoms with E-state index in [-0.39, 0.29) is 5.91 Å². The second kappa shape index (κ2) is 8.32. The molecule has 0 bridgehead atoms. The van der Waals surface area contributed by atoms with E-state index in [2.05, 4.69) is 28.5 Å². The number of aromatic amines is 1. The maximum Gasteiger partial charge on any atom is 0.224 e. The first kappa shape index (κ1) is 21.3. The molecule has 0 saturated heterocycles. The van der Waals surface area contributed by atoms with Crippen molar-refractivity contribution in [2.45, 2.75) is 26.7 Å². The topological polar surface area (TPSA) is 82.3 Å². The SMILES string of the molecule is CCC(=O)Nc1cccc(-c2cccc3[nH]c(C4=CCN(S(C)(=O)=O)CC4)cc23)c1C. The van der Waals surface area contributed by atoms with Crippen molar-refractivity contribution in [3.8, 4) is 11.1 Å². The van der Waals surface area contributed by atoms with Gasteiger partial charge in [0.1, 0.15) is 0 Å². The largest absolute Gasteiger partial charge is 0.355 e. The predicted octanol–water partition coefficient (Wildman–Crippen LogP) is 4.54. The van der Waals surface area contributed by atoms with Gasteiger partial charge in [0.05, 0.1) is 6.26 Å². The molecular formula is C24H27N3O3S. The number of rotatable bonds is 5. The highest BCUT2D eigenvalue weighted by Gasteiger charge is 2.21. The number of carbonyl (C=O) groups is 1. The van der Waals surface area contributed by atoms with Crippen LogP contribution in [0, 0.1) is 6.92 Å². The number of nitrogens with one attached hydrogen (secondary N) is 2. The molecule has 0 aliphatic carbocycles. The Balaban J connectivity index is 1.72. The van der Waals surface area contributed by atoms with E-state index in [0.29, 0.717) is 25.9 Å². The third-order valence-corrected chi connectivity index (χ3v) is 7.14. The molecule has 2 aromatic carbocycles. The molecule has 31 heavy (non-hydrogen) atoms. The van der Waals surface area contributed by atoms with Crippen LogP contribution in [0.4, 0.5) is 5.69 Å². The first-order chi connectivity index (χ1) is 14.8. The van der Waals surface area contributed by atoms with Gasteiger partial charge in [-0.1, -0.05) is 37.3 Å². The van der Waals surface area contributed by atoms with E-state index in [9.17, 15) is 13.2 Å². The van der Waals surface area contributed by atoms with Gasteiger partial charge in [-0.25, -0.2) is 8.42 Å². The van der Waals surface area contributed by atoms with Crippen molar-refractivity contribution in [1.82, 2.24) is 9.29 Å². The molecule has 1 aromatic heterocycles. The fourth-order valence-electron chi connectivity index (χ4n) is 4.06. The van der Waals surface area contributed by atoms with E-state index in [1.54, 1.807) is 0 Å². The molecule has 0 spiro atoms. The van der Waals surface area contributed by atoms with Crippen molar-refractivity contribution in [2.24, 2.45) is 0 Å². The van der Waals surface area contributed by atoms with Crippen LogP contribution < -0.4 is 5.32 Å². The molecule has 4 rings (SSSR count). The Hall–Kier alpha value is -2.90. The van der Waals surface area contributed by atoms with Crippen molar-refractivity contribution in [1.29, 1.82) is 0 Å². The van der Waals surface area contributed by atoms with Gasteiger partial charge < -0.3 is 10.3 Å². The molecule has 1 aliphatic rings. The van der Waals surface area contributed by atoms with Crippen LogP contribution in [0.2, 0.25) is 0 Å². The lowest BCUT2D eigenvalue weighted by molar-refractivity contribution is -0.115. The van der Waals surface area contributed by atoms with Crippen molar-refractivity contribution < 1.29 is 13.2 Å². The Bertz CT molecular complexity index is 1290. The third-order valence-electron chi connectivity index (χ3n) is 5.87. The molecular weight excluding hydrogens is 410 g/mol. The fourth-order valence-corrected chi connectivity index (χ4v) is 4.83. The Morgan fingerprint density at radius 1 is 1.16 bits per heavy atom. The van der Waals surface area contributed by atoms with Crippen LogP contribution >= 0.6 is 0 Å². The van der Waals surface area contributed by atoms with E-state index in [0.717, 1.165) is 44.5 Å². The van der Waals surface area contributed by atoms with Crippen molar-refractivity contribution in [2.75, 3.05) is 24.7 Å². The van der Waals surface area contributed by atoms with Crippen molar-refractivity contribution in [3.63, 3.8) is 0 Å². The summed E-state index contributed by atoms with van der Waals surface area (Å²) in [7, 11) is -3.17. The normalized spacial score (nSPS) is 15.1. The zero-order valence-electron chi connectivity index (χ0n) is 18.0. The second-order valence-corrected chi connectivity index (χ2v) is 9.91. The molecule has 1 aliphatic heterocycles. The highest BCUT2D eigenvalue weighted by molar-refractivity contribution is 7.88. The zero-order chi connectivity index (χ0) is 22.2. The third kappa shape index (κ3) is 4.29. The van der Waals surface area contributed by atoms with Crippen LogP contribution in [0.3, 0.4) is 0 Å². The van der Waals surface area contributed by atoms with Gasteiger partial charge in [0.2, 0.25) is 15.9 Å². The number of fused-ring (bicyclic) bond motifs is 1. The Morgan fingerprint density at radius 2 is 1.90 bits per heavy atom. The van der Waals surface area contributed by atoms with E-state index in [1.807, 2.05) is 44.2 Å². The molecule has 0 atom stereocenters. The van der Waals surface area contributed by atoms with Crippen LogP contribution in [-0.4, -0.2) is 43.0 Å². The average Bonchev–Trinajstić information content (AvgIpc) is 3.19. The fraction of sp³-hybridized carbons (Fsp3) is 0.292. The van der Waals surface area contributed by atoms with Gasteiger partial charge in [0.25, 0.3) is 0 Å².